The van der Waals surface area contributed by atoms with Crippen molar-refractivity contribution in [1.82, 2.24) is 0 Å². The van der Waals surface area contributed by atoms with Crippen LogP contribution in [-0.2, 0) is 6.54 Å². The number of ether oxygens (including phenoxy) is 2. The molecule has 0 aliphatic rings. The van der Waals surface area contributed by atoms with E-state index in [2.05, 4.69) is 5.32 Å². The minimum absolute atomic E-state index is 0.231. The smallest absolute Gasteiger partial charge is 0.165 e. The Kier molecular flexibility index (Phi) is 4.69. The molecule has 0 aliphatic heterocycles. The second kappa shape index (κ2) is 6.48. The van der Waals surface area contributed by atoms with Gasteiger partial charge in [0.05, 0.1) is 19.9 Å². The number of anilines is 1. The van der Waals surface area contributed by atoms with Gasteiger partial charge in [0.15, 0.2) is 11.6 Å². The van der Waals surface area contributed by atoms with Crippen LogP contribution in [0.5, 0.6) is 11.5 Å². The van der Waals surface area contributed by atoms with E-state index >= 15 is 0 Å². The zero-order valence-corrected chi connectivity index (χ0v) is 12.0. The molecule has 0 atom stereocenters. The average molecular weight is 296 g/mol. The van der Waals surface area contributed by atoms with Gasteiger partial charge in [-0.15, -0.1) is 0 Å². The van der Waals surface area contributed by atoms with Crippen molar-refractivity contribution >= 4 is 17.3 Å². The van der Waals surface area contributed by atoms with Crippen molar-refractivity contribution in [3.8, 4) is 11.5 Å². The maximum atomic E-state index is 13.6. The van der Waals surface area contributed by atoms with Crippen LogP contribution in [0.1, 0.15) is 5.56 Å². The molecular formula is C15H15ClFNO2. The number of halogens is 2. The van der Waals surface area contributed by atoms with Gasteiger partial charge in [-0.2, -0.15) is 0 Å². The Balaban J connectivity index is 2.12. The molecule has 2 aromatic carbocycles. The van der Waals surface area contributed by atoms with Gasteiger partial charge in [0.2, 0.25) is 0 Å². The van der Waals surface area contributed by atoms with Crippen molar-refractivity contribution in [2.24, 2.45) is 0 Å². The van der Waals surface area contributed by atoms with Crippen molar-refractivity contribution in [1.29, 1.82) is 0 Å². The summed E-state index contributed by atoms with van der Waals surface area (Å²) in [7, 11) is 3.02. The third-order valence-corrected chi connectivity index (χ3v) is 3.10. The molecule has 5 heteroatoms. The van der Waals surface area contributed by atoms with E-state index in [4.69, 9.17) is 21.1 Å². The first-order valence-corrected chi connectivity index (χ1v) is 6.41. The molecule has 0 saturated heterocycles. The lowest BCUT2D eigenvalue weighted by molar-refractivity contribution is 0.386. The highest BCUT2D eigenvalue weighted by Crippen LogP contribution is 2.28. The number of rotatable bonds is 5. The summed E-state index contributed by atoms with van der Waals surface area (Å²) in [6.45, 7) is 0.456. The molecule has 0 aromatic heterocycles. The van der Waals surface area contributed by atoms with Crippen LogP contribution in [0.2, 0.25) is 5.02 Å². The normalized spacial score (nSPS) is 10.2. The van der Waals surface area contributed by atoms with Crippen LogP contribution in [-0.4, -0.2) is 14.2 Å². The molecule has 0 unspecified atom stereocenters. The summed E-state index contributed by atoms with van der Waals surface area (Å²) in [6, 6.07) is 10.1. The molecule has 20 heavy (non-hydrogen) atoms. The van der Waals surface area contributed by atoms with E-state index < -0.39 is 0 Å². The van der Waals surface area contributed by atoms with Gasteiger partial charge in [-0.1, -0.05) is 17.7 Å². The van der Waals surface area contributed by atoms with Gasteiger partial charge in [0.25, 0.3) is 0 Å². The van der Waals surface area contributed by atoms with Crippen LogP contribution in [0.4, 0.5) is 10.1 Å². The Hall–Kier alpha value is -1.94. The summed E-state index contributed by atoms with van der Waals surface area (Å²) in [4.78, 5) is 0. The molecular weight excluding hydrogens is 281 g/mol. The molecule has 0 amide bonds. The molecule has 0 heterocycles. The molecule has 106 valence electrons. The maximum absolute atomic E-state index is 13.6. The van der Waals surface area contributed by atoms with Crippen molar-refractivity contribution in [2.75, 3.05) is 19.5 Å². The fourth-order valence-corrected chi connectivity index (χ4v) is 2.01. The van der Waals surface area contributed by atoms with Gasteiger partial charge < -0.3 is 14.8 Å². The third-order valence-electron chi connectivity index (χ3n) is 2.86. The van der Waals surface area contributed by atoms with Crippen LogP contribution < -0.4 is 14.8 Å². The van der Waals surface area contributed by atoms with E-state index in [9.17, 15) is 4.39 Å². The van der Waals surface area contributed by atoms with E-state index in [-0.39, 0.29) is 11.6 Å². The Morgan fingerprint density at radius 1 is 1.05 bits per heavy atom. The zero-order valence-electron chi connectivity index (χ0n) is 11.2. The standard InChI is InChI=1S/C15H15ClFNO2/c1-19-14-5-3-10(7-12(14)17)9-18-13-8-11(16)4-6-15(13)20-2/h3-8,18H,9H2,1-2H3. The lowest BCUT2D eigenvalue weighted by Crippen LogP contribution is -2.02. The zero-order chi connectivity index (χ0) is 14.5. The van der Waals surface area contributed by atoms with Crippen LogP contribution in [0, 0.1) is 5.82 Å². The molecule has 1 N–H and O–H groups in total. The van der Waals surface area contributed by atoms with E-state index in [1.807, 2.05) is 0 Å². The van der Waals surface area contributed by atoms with E-state index in [0.29, 0.717) is 17.3 Å². The minimum atomic E-state index is -0.384. The van der Waals surface area contributed by atoms with Crippen molar-refractivity contribution in [2.45, 2.75) is 6.54 Å². The Morgan fingerprint density at radius 3 is 2.40 bits per heavy atom. The highest BCUT2D eigenvalue weighted by atomic mass is 35.5. The fraction of sp³-hybridized carbons (Fsp3) is 0.200. The van der Waals surface area contributed by atoms with Crippen molar-refractivity contribution in [3.05, 3.63) is 52.8 Å². The van der Waals surface area contributed by atoms with Crippen LogP contribution in [0.25, 0.3) is 0 Å². The Bertz CT molecular complexity index is 604. The summed E-state index contributed by atoms with van der Waals surface area (Å²) in [5, 5.41) is 3.77. The first-order chi connectivity index (χ1) is 9.63. The lowest BCUT2D eigenvalue weighted by Gasteiger charge is -2.12. The second-order valence-electron chi connectivity index (χ2n) is 4.17. The van der Waals surface area contributed by atoms with Gasteiger partial charge in [0.1, 0.15) is 5.75 Å². The third kappa shape index (κ3) is 3.33. The quantitative estimate of drug-likeness (QED) is 0.900. The molecule has 3 nitrogen and oxygen atoms in total. The molecule has 0 radical (unpaired) electrons. The average Bonchev–Trinajstić information content (AvgIpc) is 2.45. The molecule has 2 rings (SSSR count). The molecule has 0 bridgehead atoms. The van der Waals surface area contributed by atoms with Crippen molar-refractivity contribution in [3.63, 3.8) is 0 Å². The Morgan fingerprint density at radius 2 is 1.75 bits per heavy atom. The van der Waals surface area contributed by atoms with Gasteiger partial charge in [-0.05, 0) is 35.9 Å². The summed E-state index contributed by atoms with van der Waals surface area (Å²) in [5.74, 6) is 0.530. The molecule has 0 spiro atoms. The second-order valence-corrected chi connectivity index (χ2v) is 4.60. The number of nitrogens with one attached hydrogen (secondary N) is 1. The number of benzene rings is 2. The van der Waals surface area contributed by atoms with Gasteiger partial charge in [-0.3, -0.25) is 0 Å². The molecule has 0 saturated carbocycles. The summed E-state index contributed by atoms with van der Waals surface area (Å²) < 4.78 is 23.7. The fourth-order valence-electron chi connectivity index (χ4n) is 1.84. The van der Waals surface area contributed by atoms with Gasteiger partial charge >= 0.3 is 0 Å². The largest absolute Gasteiger partial charge is 0.495 e. The van der Waals surface area contributed by atoms with Crippen LogP contribution >= 0.6 is 11.6 Å². The monoisotopic (exact) mass is 295 g/mol. The molecule has 2 aromatic rings. The summed E-state index contributed by atoms with van der Waals surface area (Å²) in [6.07, 6.45) is 0. The van der Waals surface area contributed by atoms with Crippen LogP contribution in [0.3, 0.4) is 0 Å². The first kappa shape index (κ1) is 14.5. The molecule has 0 aliphatic carbocycles. The molecule has 0 fully saturated rings. The first-order valence-electron chi connectivity index (χ1n) is 6.04. The minimum Gasteiger partial charge on any atom is -0.495 e. The van der Waals surface area contributed by atoms with Crippen molar-refractivity contribution < 1.29 is 13.9 Å². The van der Waals surface area contributed by atoms with E-state index in [1.165, 1.54) is 13.2 Å². The summed E-state index contributed by atoms with van der Waals surface area (Å²) >= 11 is 5.95. The summed E-state index contributed by atoms with van der Waals surface area (Å²) in [5.41, 5.74) is 1.56. The number of hydrogen-bond acceptors (Lipinski definition) is 3. The lowest BCUT2D eigenvalue weighted by atomic mass is 10.2. The van der Waals surface area contributed by atoms with E-state index in [1.54, 1.807) is 37.4 Å². The number of methoxy groups -OCH3 is 2. The predicted molar refractivity (Wildman–Crippen MR) is 78.3 cm³/mol. The van der Waals surface area contributed by atoms with Gasteiger partial charge in [0, 0.05) is 11.6 Å². The van der Waals surface area contributed by atoms with E-state index in [0.717, 1.165) is 11.3 Å². The highest BCUT2D eigenvalue weighted by molar-refractivity contribution is 6.30. The van der Waals surface area contributed by atoms with Crippen LogP contribution in [0.15, 0.2) is 36.4 Å². The van der Waals surface area contributed by atoms with Gasteiger partial charge in [-0.25, -0.2) is 4.39 Å². The predicted octanol–water partition coefficient (Wildman–Crippen LogP) is 4.11. The topological polar surface area (TPSA) is 30.5 Å². The Labute approximate surface area is 122 Å². The SMILES string of the molecule is COc1ccc(CNc2cc(Cl)ccc2OC)cc1F. The maximum Gasteiger partial charge on any atom is 0.165 e. The highest BCUT2D eigenvalue weighted by Gasteiger charge is 2.06. The number of hydrogen-bond donors (Lipinski definition) is 1.